The van der Waals surface area contributed by atoms with E-state index in [1.807, 2.05) is 30.0 Å². The zero-order valence-electron chi connectivity index (χ0n) is 16.8. The SMILES string of the molecule is CCOc1cc(C#N)ccc1OCC(=O)N1CCC[C@@H](c2nc3ccccc3s2)C1. The first-order chi connectivity index (χ1) is 14.7. The zero-order valence-corrected chi connectivity index (χ0v) is 17.7. The number of amides is 1. The van der Waals surface area contributed by atoms with E-state index in [4.69, 9.17) is 19.7 Å². The largest absolute Gasteiger partial charge is 0.490 e. The number of nitriles is 1. The topological polar surface area (TPSA) is 75.5 Å². The Morgan fingerprint density at radius 3 is 2.93 bits per heavy atom. The summed E-state index contributed by atoms with van der Waals surface area (Å²) in [5, 5.41) is 10.2. The van der Waals surface area contributed by atoms with Crippen molar-refractivity contribution in [3.8, 4) is 17.6 Å². The second-order valence-corrected chi connectivity index (χ2v) is 8.26. The van der Waals surface area contributed by atoms with Crippen molar-refractivity contribution in [1.29, 1.82) is 5.26 Å². The van der Waals surface area contributed by atoms with Crippen molar-refractivity contribution in [1.82, 2.24) is 9.88 Å². The molecule has 1 aliphatic heterocycles. The summed E-state index contributed by atoms with van der Waals surface area (Å²) in [5.41, 5.74) is 1.51. The maximum atomic E-state index is 12.8. The number of carbonyl (C=O) groups is 1. The number of carbonyl (C=O) groups excluding carboxylic acids is 1. The quantitative estimate of drug-likeness (QED) is 0.591. The number of hydrogen-bond donors (Lipinski definition) is 0. The Morgan fingerprint density at radius 2 is 2.13 bits per heavy atom. The number of nitrogens with zero attached hydrogens (tertiary/aromatic N) is 3. The van der Waals surface area contributed by atoms with E-state index in [0.717, 1.165) is 29.9 Å². The molecule has 0 bridgehead atoms. The van der Waals surface area contributed by atoms with Crippen LogP contribution in [0.15, 0.2) is 42.5 Å². The summed E-state index contributed by atoms with van der Waals surface area (Å²) >= 11 is 1.72. The number of benzene rings is 2. The highest BCUT2D eigenvalue weighted by atomic mass is 32.1. The summed E-state index contributed by atoms with van der Waals surface area (Å²) in [5.74, 6) is 1.17. The van der Waals surface area contributed by atoms with Crippen molar-refractivity contribution >= 4 is 27.5 Å². The average Bonchev–Trinajstić information content (AvgIpc) is 3.22. The standard InChI is InChI=1S/C23H23N3O3S/c1-2-28-20-12-16(13-24)9-10-19(20)29-15-22(27)26-11-5-6-17(14-26)23-25-18-7-3-4-8-21(18)30-23/h3-4,7-10,12,17H,2,5-6,11,14-15H2,1H3/t17-/m1/s1. The number of para-hydroxylation sites is 1. The lowest BCUT2D eigenvalue weighted by Crippen LogP contribution is -2.41. The lowest BCUT2D eigenvalue weighted by Gasteiger charge is -2.31. The van der Waals surface area contributed by atoms with Crippen LogP contribution in [0, 0.1) is 11.3 Å². The normalized spacial score (nSPS) is 16.3. The number of aromatic nitrogens is 1. The monoisotopic (exact) mass is 421 g/mol. The van der Waals surface area contributed by atoms with Gasteiger partial charge in [0.2, 0.25) is 0 Å². The van der Waals surface area contributed by atoms with Crippen molar-refractivity contribution in [2.75, 3.05) is 26.3 Å². The molecule has 3 aromatic rings. The van der Waals surface area contributed by atoms with Gasteiger partial charge in [0.15, 0.2) is 18.1 Å². The van der Waals surface area contributed by atoms with Crippen molar-refractivity contribution in [2.24, 2.45) is 0 Å². The molecule has 30 heavy (non-hydrogen) atoms. The van der Waals surface area contributed by atoms with E-state index in [9.17, 15) is 4.79 Å². The van der Waals surface area contributed by atoms with Gasteiger partial charge in [-0.25, -0.2) is 4.98 Å². The molecule has 0 N–H and O–H groups in total. The van der Waals surface area contributed by atoms with Crippen LogP contribution in [-0.4, -0.2) is 42.1 Å². The molecule has 1 fully saturated rings. The highest BCUT2D eigenvalue weighted by Crippen LogP contribution is 2.33. The van der Waals surface area contributed by atoms with Gasteiger partial charge < -0.3 is 14.4 Å². The van der Waals surface area contributed by atoms with Crippen LogP contribution in [0.1, 0.15) is 36.3 Å². The fraction of sp³-hybridized carbons (Fsp3) is 0.348. The summed E-state index contributed by atoms with van der Waals surface area (Å²) in [4.78, 5) is 19.4. The minimum absolute atomic E-state index is 0.0485. The molecule has 1 aliphatic rings. The molecular weight excluding hydrogens is 398 g/mol. The number of fused-ring (bicyclic) bond motifs is 1. The Morgan fingerprint density at radius 1 is 1.27 bits per heavy atom. The molecule has 4 rings (SSSR count). The van der Waals surface area contributed by atoms with Crippen LogP contribution in [0.2, 0.25) is 0 Å². The number of likely N-dealkylation sites (tertiary alicyclic amines) is 1. The second-order valence-electron chi connectivity index (χ2n) is 7.19. The van der Waals surface area contributed by atoms with Gasteiger partial charge in [-0.3, -0.25) is 4.79 Å². The van der Waals surface area contributed by atoms with Gasteiger partial charge in [0.1, 0.15) is 0 Å². The van der Waals surface area contributed by atoms with Crippen molar-refractivity contribution in [2.45, 2.75) is 25.7 Å². The zero-order chi connectivity index (χ0) is 20.9. The highest BCUT2D eigenvalue weighted by molar-refractivity contribution is 7.18. The lowest BCUT2D eigenvalue weighted by molar-refractivity contribution is -0.134. The average molecular weight is 422 g/mol. The van der Waals surface area contributed by atoms with Gasteiger partial charge in [0.25, 0.3) is 5.91 Å². The van der Waals surface area contributed by atoms with Gasteiger partial charge in [0.05, 0.1) is 33.5 Å². The highest BCUT2D eigenvalue weighted by Gasteiger charge is 2.27. The van der Waals surface area contributed by atoms with E-state index in [1.165, 1.54) is 4.70 Å². The predicted octanol–water partition coefficient (Wildman–Crippen LogP) is 4.35. The molecule has 1 amide bonds. The molecule has 0 unspecified atom stereocenters. The maximum absolute atomic E-state index is 12.8. The first-order valence-electron chi connectivity index (χ1n) is 10.1. The number of piperidine rings is 1. The van der Waals surface area contributed by atoms with E-state index in [1.54, 1.807) is 29.5 Å². The van der Waals surface area contributed by atoms with Crippen LogP contribution in [0.25, 0.3) is 10.2 Å². The fourth-order valence-electron chi connectivity index (χ4n) is 3.67. The third kappa shape index (κ3) is 4.39. The molecule has 2 heterocycles. The Balaban J connectivity index is 1.41. The first kappa shape index (κ1) is 20.2. The molecule has 1 atom stereocenters. The molecule has 0 aliphatic carbocycles. The molecule has 0 saturated carbocycles. The molecule has 1 saturated heterocycles. The maximum Gasteiger partial charge on any atom is 0.260 e. The molecule has 0 spiro atoms. The van der Waals surface area contributed by atoms with Gasteiger partial charge in [-0.2, -0.15) is 5.26 Å². The van der Waals surface area contributed by atoms with Crippen LogP contribution in [-0.2, 0) is 4.79 Å². The third-order valence-electron chi connectivity index (χ3n) is 5.16. The van der Waals surface area contributed by atoms with Crippen LogP contribution in [0.3, 0.4) is 0 Å². The smallest absolute Gasteiger partial charge is 0.260 e. The third-order valence-corrected chi connectivity index (χ3v) is 6.36. The van der Waals surface area contributed by atoms with E-state index in [0.29, 0.717) is 30.2 Å². The summed E-state index contributed by atoms with van der Waals surface area (Å²) in [6, 6.07) is 15.2. The van der Waals surface area contributed by atoms with Crippen molar-refractivity contribution in [3.05, 3.63) is 53.0 Å². The van der Waals surface area contributed by atoms with Gasteiger partial charge in [0, 0.05) is 25.1 Å². The minimum atomic E-state index is -0.0570. The van der Waals surface area contributed by atoms with Gasteiger partial charge in [-0.1, -0.05) is 12.1 Å². The number of hydrogen-bond acceptors (Lipinski definition) is 6. The molecule has 7 heteroatoms. The molecule has 1 aromatic heterocycles. The van der Waals surface area contributed by atoms with Crippen LogP contribution >= 0.6 is 11.3 Å². The Kier molecular flexibility index (Phi) is 6.15. The number of thiazole rings is 1. The minimum Gasteiger partial charge on any atom is -0.490 e. The van der Waals surface area contributed by atoms with Crippen LogP contribution < -0.4 is 9.47 Å². The van der Waals surface area contributed by atoms with E-state index >= 15 is 0 Å². The Hall–Kier alpha value is -3.11. The Labute approximate surface area is 179 Å². The first-order valence-corrected chi connectivity index (χ1v) is 10.9. The van der Waals surface area contributed by atoms with Gasteiger partial charge in [-0.05, 0) is 44.0 Å². The van der Waals surface area contributed by atoms with Crippen molar-refractivity contribution in [3.63, 3.8) is 0 Å². The van der Waals surface area contributed by atoms with E-state index < -0.39 is 0 Å². The molecular formula is C23H23N3O3S. The summed E-state index contributed by atoms with van der Waals surface area (Å²) < 4.78 is 12.5. The molecule has 6 nitrogen and oxygen atoms in total. The molecule has 2 aromatic carbocycles. The fourth-order valence-corrected chi connectivity index (χ4v) is 4.76. The molecule has 0 radical (unpaired) electrons. The van der Waals surface area contributed by atoms with E-state index in [2.05, 4.69) is 12.1 Å². The Bertz CT molecular complexity index is 1060. The number of rotatable bonds is 6. The summed E-state index contributed by atoms with van der Waals surface area (Å²) in [6.07, 6.45) is 1.99. The van der Waals surface area contributed by atoms with Crippen molar-refractivity contribution < 1.29 is 14.3 Å². The van der Waals surface area contributed by atoms with Gasteiger partial charge in [-0.15, -0.1) is 11.3 Å². The summed E-state index contributed by atoms with van der Waals surface area (Å²) in [7, 11) is 0. The molecule has 154 valence electrons. The summed E-state index contributed by atoms with van der Waals surface area (Å²) in [6.45, 7) is 3.65. The van der Waals surface area contributed by atoms with Crippen LogP contribution in [0.4, 0.5) is 0 Å². The second kappa shape index (κ2) is 9.14. The number of ether oxygens (including phenoxy) is 2. The van der Waals surface area contributed by atoms with E-state index in [-0.39, 0.29) is 18.4 Å². The lowest BCUT2D eigenvalue weighted by atomic mass is 9.99. The predicted molar refractivity (Wildman–Crippen MR) is 116 cm³/mol. The van der Waals surface area contributed by atoms with Gasteiger partial charge >= 0.3 is 0 Å². The van der Waals surface area contributed by atoms with Crippen LogP contribution in [0.5, 0.6) is 11.5 Å².